The van der Waals surface area contributed by atoms with Crippen LogP contribution in [-0.4, -0.2) is 37.7 Å². The van der Waals surface area contributed by atoms with E-state index in [-0.39, 0.29) is 12.5 Å². The number of nitrogens with zero attached hydrogens (tertiary/aromatic N) is 1. The monoisotopic (exact) mass is 509 g/mol. The number of rotatable bonds is 17. The number of carbonyl (C=O) groups excluding carboxylic acids is 3. The molecule has 0 fully saturated rings. The molecular weight excluding hydrogens is 470 g/mol. The quantitative estimate of drug-likeness (QED) is 0.0976. The van der Waals surface area contributed by atoms with Crippen molar-refractivity contribution in [1.29, 1.82) is 0 Å². The lowest BCUT2D eigenvalue weighted by Crippen LogP contribution is -2.34. The fraction of sp³-hybridized carbons (Fsp3) is 0.448. The highest BCUT2D eigenvalue weighted by atomic mass is 16.5. The highest BCUT2D eigenvalue weighted by molar-refractivity contribution is 5.91. The van der Waals surface area contributed by atoms with E-state index in [1.54, 1.807) is 55.6 Å². The summed E-state index contributed by atoms with van der Waals surface area (Å²) in [4.78, 5) is 36.0. The fourth-order valence-electron chi connectivity index (χ4n) is 3.60. The lowest BCUT2D eigenvalue weighted by molar-refractivity contribution is -0.126. The number of nitrogens with one attached hydrogen (secondary N) is 2. The average molecular weight is 510 g/mol. The van der Waals surface area contributed by atoms with Crippen molar-refractivity contribution < 1.29 is 23.9 Å². The summed E-state index contributed by atoms with van der Waals surface area (Å²) < 4.78 is 10.4. The van der Waals surface area contributed by atoms with E-state index in [9.17, 15) is 14.4 Å². The van der Waals surface area contributed by atoms with Crippen LogP contribution in [0.1, 0.15) is 87.1 Å². The van der Waals surface area contributed by atoms with Gasteiger partial charge in [0.25, 0.3) is 5.91 Å². The number of unbranched alkanes of at least 4 members (excludes halogenated alkanes) is 8. The zero-order valence-corrected chi connectivity index (χ0v) is 22.0. The molecule has 2 aromatic rings. The predicted octanol–water partition coefficient (Wildman–Crippen LogP) is 5.40. The number of ether oxygens (including phenoxy) is 2. The minimum absolute atomic E-state index is 0.117. The molecule has 0 saturated carbocycles. The summed E-state index contributed by atoms with van der Waals surface area (Å²) in [5, 5.41) is 6.52. The molecule has 200 valence electrons. The first-order chi connectivity index (χ1) is 18.0. The van der Waals surface area contributed by atoms with Gasteiger partial charge in [-0.05, 0) is 60.5 Å². The number of hydrogen-bond donors (Lipinski definition) is 2. The van der Waals surface area contributed by atoms with Crippen molar-refractivity contribution in [3.05, 3.63) is 59.7 Å². The number of hydrogen-bond acceptors (Lipinski definition) is 6. The molecule has 2 aromatic carbocycles. The van der Waals surface area contributed by atoms with Crippen molar-refractivity contribution in [3.63, 3.8) is 0 Å². The Morgan fingerprint density at radius 2 is 1.38 bits per heavy atom. The lowest BCUT2D eigenvalue weighted by atomic mass is 10.1. The third-order valence-electron chi connectivity index (χ3n) is 5.77. The van der Waals surface area contributed by atoms with Crippen molar-refractivity contribution in [2.75, 3.05) is 13.7 Å². The average Bonchev–Trinajstić information content (AvgIpc) is 2.92. The lowest BCUT2D eigenvalue weighted by Gasteiger charge is -2.06. The van der Waals surface area contributed by atoms with E-state index in [0.717, 1.165) is 19.3 Å². The van der Waals surface area contributed by atoms with Gasteiger partial charge in [0.15, 0.2) is 0 Å². The number of esters is 1. The number of hydrazone groups is 1. The minimum Gasteiger partial charge on any atom is -0.497 e. The second-order valence-electron chi connectivity index (χ2n) is 8.84. The molecule has 0 bridgehead atoms. The summed E-state index contributed by atoms with van der Waals surface area (Å²) in [6, 6.07) is 13.3. The molecule has 0 heterocycles. The summed E-state index contributed by atoms with van der Waals surface area (Å²) in [5.74, 6) is 0.0418. The van der Waals surface area contributed by atoms with Crippen molar-refractivity contribution >= 4 is 24.0 Å². The van der Waals surface area contributed by atoms with E-state index < -0.39 is 11.9 Å². The van der Waals surface area contributed by atoms with Crippen LogP contribution in [0.3, 0.4) is 0 Å². The molecule has 0 unspecified atom stereocenters. The second-order valence-corrected chi connectivity index (χ2v) is 8.84. The van der Waals surface area contributed by atoms with Gasteiger partial charge in [-0.1, -0.05) is 58.3 Å². The Bertz CT molecular complexity index is 988. The van der Waals surface area contributed by atoms with Crippen LogP contribution in [0.15, 0.2) is 53.6 Å². The van der Waals surface area contributed by atoms with E-state index in [2.05, 4.69) is 22.8 Å². The molecular formula is C29H39N3O5. The van der Waals surface area contributed by atoms with Crippen LogP contribution in [0.5, 0.6) is 11.5 Å². The topological polar surface area (TPSA) is 106 Å². The van der Waals surface area contributed by atoms with Gasteiger partial charge in [-0.25, -0.2) is 10.2 Å². The van der Waals surface area contributed by atoms with Crippen LogP contribution in [0.25, 0.3) is 0 Å². The third kappa shape index (κ3) is 12.7. The molecule has 8 nitrogen and oxygen atoms in total. The first kappa shape index (κ1) is 29.5. The molecule has 0 aliphatic heterocycles. The number of carbonyl (C=O) groups is 3. The van der Waals surface area contributed by atoms with Crippen LogP contribution >= 0.6 is 0 Å². The Balaban J connectivity index is 1.59. The van der Waals surface area contributed by atoms with E-state index >= 15 is 0 Å². The highest BCUT2D eigenvalue weighted by Gasteiger charge is 2.09. The maximum Gasteiger partial charge on any atom is 0.343 e. The molecule has 37 heavy (non-hydrogen) atoms. The van der Waals surface area contributed by atoms with Crippen molar-refractivity contribution in [2.24, 2.45) is 5.10 Å². The first-order valence-electron chi connectivity index (χ1n) is 13.1. The molecule has 0 saturated heterocycles. The molecule has 0 spiro atoms. The second kappa shape index (κ2) is 17.7. The first-order valence-corrected chi connectivity index (χ1v) is 13.1. The van der Waals surface area contributed by atoms with E-state index in [4.69, 9.17) is 9.47 Å². The largest absolute Gasteiger partial charge is 0.497 e. The van der Waals surface area contributed by atoms with Crippen LogP contribution in [-0.2, 0) is 9.59 Å². The van der Waals surface area contributed by atoms with Crippen molar-refractivity contribution in [2.45, 2.75) is 71.1 Å². The highest BCUT2D eigenvalue weighted by Crippen LogP contribution is 2.16. The molecule has 2 N–H and O–H groups in total. The van der Waals surface area contributed by atoms with Gasteiger partial charge in [-0.3, -0.25) is 9.59 Å². The number of methoxy groups -OCH3 is 1. The van der Waals surface area contributed by atoms with Gasteiger partial charge in [-0.2, -0.15) is 5.10 Å². The molecule has 0 aliphatic rings. The van der Waals surface area contributed by atoms with Gasteiger partial charge in [0.2, 0.25) is 5.91 Å². The van der Waals surface area contributed by atoms with Crippen LogP contribution < -0.4 is 20.2 Å². The molecule has 8 heteroatoms. The van der Waals surface area contributed by atoms with Crippen LogP contribution in [0.4, 0.5) is 0 Å². The molecule has 2 amide bonds. The van der Waals surface area contributed by atoms with Gasteiger partial charge in [0, 0.05) is 6.42 Å². The zero-order chi connectivity index (χ0) is 26.7. The maximum atomic E-state index is 12.2. The Labute approximate surface area is 219 Å². The molecule has 0 atom stereocenters. The normalized spacial score (nSPS) is 10.8. The minimum atomic E-state index is -0.476. The Kier molecular flexibility index (Phi) is 14.1. The maximum absolute atomic E-state index is 12.2. The van der Waals surface area contributed by atoms with E-state index in [1.165, 1.54) is 44.7 Å². The molecule has 2 rings (SSSR count). The van der Waals surface area contributed by atoms with Gasteiger partial charge in [-0.15, -0.1) is 0 Å². The molecule has 0 aromatic heterocycles. The Hall–Kier alpha value is -3.68. The Morgan fingerprint density at radius 1 is 0.784 bits per heavy atom. The summed E-state index contributed by atoms with van der Waals surface area (Å²) in [5.41, 5.74) is 3.51. The summed E-state index contributed by atoms with van der Waals surface area (Å²) in [6.07, 6.45) is 12.6. The molecule has 0 aliphatic carbocycles. The summed E-state index contributed by atoms with van der Waals surface area (Å²) in [7, 11) is 1.56. The number of benzene rings is 2. The van der Waals surface area contributed by atoms with Gasteiger partial charge in [0.05, 0.1) is 25.4 Å². The zero-order valence-electron chi connectivity index (χ0n) is 22.0. The van der Waals surface area contributed by atoms with Crippen molar-refractivity contribution in [3.8, 4) is 11.5 Å². The standard InChI is InChI=1S/C29H39N3O5/c1-3-4-5-6-7-8-9-10-11-12-27(33)30-22-28(34)32-31-21-23-13-17-26(18-14-23)37-29(35)24-15-19-25(36-2)20-16-24/h13-21H,3-12,22H2,1-2H3,(H,30,33)(H,32,34). The Morgan fingerprint density at radius 3 is 2.00 bits per heavy atom. The summed E-state index contributed by atoms with van der Waals surface area (Å²) in [6.45, 7) is 2.10. The SMILES string of the molecule is CCCCCCCCCCCC(=O)NCC(=O)NN=Cc1ccc(OC(=O)c2ccc(OC)cc2)cc1. The van der Waals surface area contributed by atoms with Gasteiger partial charge < -0.3 is 14.8 Å². The van der Waals surface area contributed by atoms with E-state index in [0.29, 0.717) is 29.0 Å². The van der Waals surface area contributed by atoms with Crippen LogP contribution in [0, 0.1) is 0 Å². The van der Waals surface area contributed by atoms with Gasteiger partial charge >= 0.3 is 5.97 Å². The third-order valence-corrected chi connectivity index (χ3v) is 5.77. The fourth-order valence-corrected chi connectivity index (χ4v) is 3.60. The summed E-state index contributed by atoms with van der Waals surface area (Å²) >= 11 is 0. The van der Waals surface area contributed by atoms with E-state index in [1.807, 2.05) is 0 Å². The predicted molar refractivity (Wildman–Crippen MR) is 145 cm³/mol. The number of amides is 2. The smallest absolute Gasteiger partial charge is 0.343 e. The molecule has 0 radical (unpaired) electrons. The van der Waals surface area contributed by atoms with Gasteiger partial charge in [0.1, 0.15) is 11.5 Å². The van der Waals surface area contributed by atoms with Crippen molar-refractivity contribution in [1.82, 2.24) is 10.7 Å². The van der Waals surface area contributed by atoms with Crippen LogP contribution in [0.2, 0.25) is 0 Å².